The van der Waals surface area contributed by atoms with Crippen molar-refractivity contribution in [1.82, 2.24) is 0 Å². The molecule has 10 unspecified atom stereocenters. The second-order valence-corrected chi connectivity index (χ2v) is 7.70. The molecule has 0 saturated carbocycles. The van der Waals surface area contributed by atoms with Crippen LogP contribution in [0.4, 0.5) is 0 Å². The number of hydrogen-bond acceptors (Lipinski definition) is 12. The zero-order valence-corrected chi connectivity index (χ0v) is 17.0. The van der Waals surface area contributed by atoms with E-state index in [1.54, 1.807) is 0 Å². The van der Waals surface area contributed by atoms with Crippen molar-refractivity contribution in [2.24, 2.45) is 23.3 Å². The Morgan fingerprint density at radius 1 is 0.900 bits per heavy atom. The van der Waals surface area contributed by atoms with Crippen LogP contribution in [0.3, 0.4) is 0 Å². The maximum absolute atomic E-state index is 11.7. The van der Waals surface area contributed by atoms with Crippen LogP contribution in [0.15, 0.2) is 0 Å². The number of aliphatic hydroxyl groups excluding tert-OH is 4. The van der Waals surface area contributed by atoms with E-state index in [9.17, 15) is 30.0 Å². The molecule has 12 heteroatoms. The summed E-state index contributed by atoms with van der Waals surface area (Å²) in [6.07, 6.45) is -6.25. The van der Waals surface area contributed by atoms with Crippen LogP contribution in [0, 0.1) is 11.8 Å². The van der Waals surface area contributed by atoms with E-state index < -0.39 is 79.9 Å². The standard InChI is InChI=1S/C18H32N2O10/c1-7(23)13-11(4-22)29-12(14(19)17(13)26)6-27-5-9-10(3-21)30-18(28-8(2)24)15(20)16(9)25/h9-18,21-22,25-26H,3-6,19-20H2,1-2H3. The molecule has 2 aliphatic heterocycles. The monoisotopic (exact) mass is 436 g/mol. The van der Waals surface area contributed by atoms with E-state index in [4.69, 9.17) is 30.4 Å². The third kappa shape index (κ3) is 5.52. The van der Waals surface area contributed by atoms with Gasteiger partial charge in [0.1, 0.15) is 5.78 Å². The highest BCUT2D eigenvalue weighted by molar-refractivity contribution is 5.79. The molecule has 0 bridgehead atoms. The van der Waals surface area contributed by atoms with Crippen molar-refractivity contribution in [1.29, 1.82) is 0 Å². The Morgan fingerprint density at radius 3 is 2.07 bits per heavy atom. The van der Waals surface area contributed by atoms with Crippen molar-refractivity contribution in [3.8, 4) is 0 Å². The second kappa shape index (κ2) is 10.9. The zero-order valence-electron chi connectivity index (χ0n) is 17.0. The van der Waals surface area contributed by atoms with Gasteiger partial charge in [-0.3, -0.25) is 9.59 Å². The molecule has 0 spiro atoms. The van der Waals surface area contributed by atoms with Gasteiger partial charge in [-0.2, -0.15) is 0 Å². The van der Waals surface area contributed by atoms with Crippen molar-refractivity contribution in [3.05, 3.63) is 0 Å². The van der Waals surface area contributed by atoms with Gasteiger partial charge in [-0.15, -0.1) is 0 Å². The summed E-state index contributed by atoms with van der Waals surface area (Å²) in [4.78, 5) is 22.9. The van der Waals surface area contributed by atoms with Crippen LogP contribution in [0.25, 0.3) is 0 Å². The van der Waals surface area contributed by atoms with E-state index >= 15 is 0 Å². The highest BCUT2D eigenvalue weighted by Crippen LogP contribution is 2.28. The van der Waals surface area contributed by atoms with Gasteiger partial charge in [-0.25, -0.2) is 0 Å². The number of hydrogen-bond donors (Lipinski definition) is 6. The predicted molar refractivity (Wildman–Crippen MR) is 99.7 cm³/mol. The summed E-state index contributed by atoms with van der Waals surface area (Å²) in [5, 5.41) is 39.9. The minimum Gasteiger partial charge on any atom is -0.434 e. The quantitative estimate of drug-likeness (QED) is 0.203. The Kier molecular flexibility index (Phi) is 9.09. The molecular formula is C18H32N2O10. The predicted octanol–water partition coefficient (Wildman–Crippen LogP) is -3.76. The first-order valence-corrected chi connectivity index (χ1v) is 9.77. The maximum atomic E-state index is 11.7. The highest BCUT2D eigenvalue weighted by atomic mass is 16.7. The molecule has 0 aromatic rings. The largest absolute Gasteiger partial charge is 0.434 e. The van der Waals surface area contributed by atoms with Gasteiger partial charge in [0, 0.05) is 12.8 Å². The number of rotatable bonds is 8. The van der Waals surface area contributed by atoms with Crippen LogP contribution in [0.2, 0.25) is 0 Å². The van der Waals surface area contributed by atoms with Crippen LogP contribution >= 0.6 is 0 Å². The molecule has 2 heterocycles. The van der Waals surface area contributed by atoms with Crippen LogP contribution in [0.5, 0.6) is 0 Å². The minimum atomic E-state index is -1.21. The van der Waals surface area contributed by atoms with Gasteiger partial charge in [-0.05, 0) is 6.92 Å². The molecule has 0 radical (unpaired) electrons. The summed E-state index contributed by atoms with van der Waals surface area (Å²) in [5.74, 6) is -2.66. The molecule has 2 saturated heterocycles. The zero-order chi connectivity index (χ0) is 22.6. The molecule has 0 aromatic heterocycles. The van der Waals surface area contributed by atoms with Gasteiger partial charge in [-0.1, -0.05) is 0 Å². The van der Waals surface area contributed by atoms with Crippen molar-refractivity contribution < 1.29 is 49.0 Å². The average Bonchev–Trinajstić information content (AvgIpc) is 2.69. The molecule has 0 aliphatic carbocycles. The van der Waals surface area contributed by atoms with Gasteiger partial charge >= 0.3 is 5.97 Å². The first-order chi connectivity index (χ1) is 14.1. The maximum Gasteiger partial charge on any atom is 0.304 e. The van der Waals surface area contributed by atoms with E-state index in [0.717, 1.165) is 0 Å². The Labute approximate surface area is 174 Å². The lowest BCUT2D eigenvalue weighted by Gasteiger charge is -2.43. The van der Waals surface area contributed by atoms with Crippen LogP contribution in [-0.4, -0.2) is 107 Å². The van der Waals surface area contributed by atoms with Gasteiger partial charge in [0.05, 0.1) is 74.9 Å². The molecule has 12 nitrogen and oxygen atoms in total. The number of ketones is 1. The van der Waals surface area contributed by atoms with Crippen LogP contribution in [-0.2, 0) is 28.5 Å². The van der Waals surface area contributed by atoms with Gasteiger partial charge in [0.2, 0.25) is 6.29 Å². The summed E-state index contributed by atoms with van der Waals surface area (Å²) in [6, 6.07) is -1.98. The van der Waals surface area contributed by atoms with Crippen molar-refractivity contribution >= 4 is 11.8 Å². The molecule has 174 valence electrons. The summed E-state index contributed by atoms with van der Waals surface area (Å²) in [7, 11) is 0. The number of carbonyl (C=O) groups is 2. The Hall–Kier alpha value is -1.22. The fraction of sp³-hybridized carbons (Fsp3) is 0.889. The number of ether oxygens (including phenoxy) is 4. The lowest BCUT2D eigenvalue weighted by Crippen LogP contribution is -2.62. The normalized spacial score (nSPS) is 42.0. The van der Waals surface area contributed by atoms with Gasteiger partial charge in [0.25, 0.3) is 0 Å². The van der Waals surface area contributed by atoms with Crippen molar-refractivity contribution in [3.63, 3.8) is 0 Å². The number of Topliss-reactive ketones (excluding diaryl/α,β-unsaturated/α-hetero) is 1. The number of nitrogens with two attached hydrogens (primary N) is 2. The molecule has 2 fully saturated rings. The molecule has 2 aliphatic rings. The van der Waals surface area contributed by atoms with Crippen LogP contribution in [0.1, 0.15) is 13.8 Å². The molecule has 30 heavy (non-hydrogen) atoms. The van der Waals surface area contributed by atoms with E-state index in [1.165, 1.54) is 13.8 Å². The minimum absolute atomic E-state index is 0.102. The molecule has 8 N–H and O–H groups in total. The number of esters is 1. The molecular weight excluding hydrogens is 404 g/mol. The number of carbonyl (C=O) groups excluding carboxylic acids is 2. The highest BCUT2D eigenvalue weighted by Gasteiger charge is 2.47. The molecule has 10 atom stereocenters. The Morgan fingerprint density at radius 2 is 1.53 bits per heavy atom. The Bertz CT molecular complexity index is 589. The smallest absolute Gasteiger partial charge is 0.304 e. The molecule has 0 aromatic carbocycles. The lowest BCUT2D eigenvalue weighted by atomic mass is 9.83. The van der Waals surface area contributed by atoms with Gasteiger partial charge < -0.3 is 50.8 Å². The summed E-state index contributed by atoms with van der Waals surface area (Å²) in [5.41, 5.74) is 11.9. The van der Waals surface area contributed by atoms with Crippen LogP contribution < -0.4 is 11.5 Å². The van der Waals surface area contributed by atoms with Crippen molar-refractivity contribution in [2.45, 2.75) is 62.7 Å². The topological polar surface area (TPSA) is 204 Å². The fourth-order valence-corrected chi connectivity index (χ4v) is 3.89. The van der Waals surface area contributed by atoms with E-state index in [2.05, 4.69) is 0 Å². The molecule has 0 amide bonds. The van der Waals surface area contributed by atoms with E-state index in [1.807, 2.05) is 0 Å². The van der Waals surface area contributed by atoms with Crippen molar-refractivity contribution in [2.75, 3.05) is 26.4 Å². The third-order valence-corrected chi connectivity index (χ3v) is 5.58. The summed E-state index contributed by atoms with van der Waals surface area (Å²) >= 11 is 0. The van der Waals surface area contributed by atoms with Gasteiger partial charge in [0.15, 0.2) is 0 Å². The van der Waals surface area contributed by atoms with E-state index in [0.29, 0.717) is 0 Å². The molecule has 2 rings (SSSR count). The Balaban J connectivity index is 1.96. The summed E-state index contributed by atoms with van der Waals surface area (Å²) < 4.78 is 21.6. The summed E-state index contributed by atoms with van der Waals surface area (Å²) in [6.45, 7) is 1.30. The third-order valence-electron chi connectivity index (χ3n) is 5.58. The first kappa shape index (κ1) is 25.0. The fourth-order valence-electron chi connectivity index (χ4n) is 3.89. The van der Waals surface area contributed by atoms with E-state index in [-0.39, 0.29) is 19.0 Å². The number of aliphatic hydroxyl groups is 4. The second-order valence-electron chi connectivity index (χ2n) is 7.70. The lowest BCUT2D eigenvalue weighted by molar-refractivity contribution is -0.252. The average molecular weight is 436 g/mol. The first-order valence-electron chi connectivity index (χ1n) is 9.77. The SMILES string of the molecule is CC(=O)OC1OC(CO)C(COCC2OC(CO)C(C(C)=O)C(O)C2N)C(O)C1N.